The van der Waals surface area contributed by atoms with Gasteiger partial charge in [-0.1, -0.05) is 35.9 Å². The molecule has 1 aromatic heterocycles. The number of fused-ring (bicyclic) bond motifs is 1. The zero-order valence-corrected chi connectivity index (χ0v) is 18.0. The number of rotatable bonds is 6. The van der Waals surface area contributed by atoms with E-state index in [0.717, 1.165) is 17.7 Å². The van der Waals surface area contributed by atoms with Gasteiger partial charge in [-0.3, -0.25) is 9.59 Å². The van der Waals surface area contributed by atoms with E-state index in [1.54, 1.807) is 24.3 Å². The fraction of sp³-hybridized carbons (Fsp3) is 0.227. The Morgan fingerprint density at radius 2 is 1.91 bits per heavy atom. The first-order chi connectivity index (χ1) is 15.7. The Morgan fingerprint density at radius 3 is 2.58 bits per heavy atom. The van der Waals surface area contributed by atoms with Gasteiger partial charge in [0.05, 0.1) is 30.0 Å². The Kier molecular flexibility index (Phi) is 6.13. The number of aromatic nitrogens is 2. The quantitative estimate of drug-likeness (QED) is 0.528. The summed E-state index contributed by atoms with van der Waals surface area (Å²) in [5.74, 6) is -0.865. The SMILES string of the molecule is COCc1nn2c(c1-c1ccc(Cl)cc1)NC(=O)C2CC(=O)Nc1ccccc1C(F)(F)F. The van der Waals surface area contributed by atoms with Crippen molar-refractivity contribution < 1.29 is 27.5 Å². The zero-order chi connectivity index (χ0) is 23.8. The molecule has 3 aromatic rings. The molecule has 7 nitrogen and oxygen atoms in total. The number of hydrogen-bond donors (Lipinski definition) is 2. The Morgan fingerprint density at radius 1 is 1.21 bits per heavy atom. The molecule has 2 heterocycles. The number of hydrogen-bond acceptors (Lipinski definition) is 4. The van der Waals surface area contributed by atoms with Crippen molar-refractivity contribution in [2.75, 3.05) is 17.7 Å². The summed E-state index contributed by atoms with van der Waals surface area (Å²) in [5.41, 5.74) is 0.532. The molecule has 0 fully saturated rings. The minimum Gasteiger partial charge on any atom is -0.378 e. The van der Waals surface area contributed by atoms with Crippen LogP contribution in [0.25, 0.3) is 11.1 Å². The molecule has 2 amide bonds. The number of alkyl halides is 3. The molecule has 2 aromatic carbocycles. The molecule has 2 N–H and O–H groups in total. The van der Waals surface area contributed by atoms with Crippen molar-refractivity contribution >= 4 is 34.9 Å². The van der Waals surface area contributed by atoms with Gasteiger partial charge in [-0.15, -0.1) is 0 Å². The topological polar surface area (TPSA) is 85.2 Å². The van der Waals surface area contributed by atoms with E-state index in [2.05, 4.69) is 15.7 Å². The second kappa shape index (κ2) is 8.87. The van der Waals surface area contributed by atoms with E-state index in [1.807, 2.05) is 0 Å². The van der Waals surface area contributed by atoms with Crippen LogP contribution in [0.2, 0.25) is 5.02 Å². The molecule has 1 aliphatic rings. The number of nitrogens with one attached hydrogen (secondary N) is 2. The molecule has 172 valence electrons. The van der Waals surface area contributed by atoms with E-state index in [1.165, 1.54) is 23.9 Å². The van der Waals surface area contributed by atoms with Gasteiger partial charge in [0.1, 0.15) is 11.9 Å². The van der Waals surface area contributed by atoms with Crippen LogP contribution in [0.4, 0.5) is 24.7 Å². The summed E-state index contributed by atoms with van der Waals surface area (Å²) in [4.78, 5) is 25.2. The van der Waals surface area contributed by atoms with Crippen molar-refractivity contribution in [3.05, 3.63) is 64.8 Å². The molecule has 1 unspecified atom stereocenters. The third kappa shape index (κ3) is 4.57. The van der Waals surface area contributed by atoms with Gasteiger partial charge in [-0.25, -0.2) is 4.68 Å². The van der Waals surface area contributed by atoms with Crippen molar-refractivity contribution in [1.29, 1.82) is 0 Å². The van der Waals surface area contributed by atoms with Gasteiger partial charge in [-0.2, -0.15) is 18.3 Å². The number of methoxy groups -OCH3 is 1. The second-order valence-corrected chi connectivity index (χ2v) is 7.79. The maximum Gasteiger partial charge on any atom is 0.418 e. The van der Waals surface area contributed by atoms with Crippen molar-refractivity contribution in [2.24, 2.45) is 0 Å². The number of ether oxygens (including phenoxy) is 1. The molecule has 1 aliphatic heterocycles. The van der Waals surface area contributed by atoms with Crippen LogP contribution in [0.5, 0.6) is 0 Å². The highest BCUT2D eigenvalue weighted by molar-refractivity contribution is 6.30. The maximum absolute atomic E-state index is 13.2. The number of carbonyl (C=O) groups is 2. The molecule has 0 saturated carbocycles. The summed E-state index contributed by atoms with van der Waals surface area (Å²) in [6.07, 6.45) is -5.04. The third-order valence-corrected chi connectivity index (χ3v) is 5.37. The average molecular weight is 479 g/mol. The van der Waals surface area contributed by atoms with E-state index in [9.17, 15) is 22.8 Å². The van der Waals surface area contributed by atoms with E-state index >= 15 is 0 Å². The third-order valence-electron chi connectivity index (χ3n) is 5.12. The minimum atomic E-state index is -4.63. The number of nitrogens with zero attached hydrogens (tertiary/aromatic N) is 2. The Bertz CT molecular complexity index is 1210. The highest BCUT2D eigenvalue weighted by Gasteiger charge is 2.38. The van der Waals surface area contributed by atoms with Gasteiger partial charge in [0.25, 0.3) is 5.91 Å². The van der Waals surface area contributed by atoms with Crippen molar-refractivity contribution in [3.63, 3.8) is 0 Å². The fourth-order valence-electron chi connectivity index (χ4n) is 3.69. The molecule has 0 bridgehead atoms. The summed E-state index contributed by atoms with van der Waals surface area (Å²) in [7, 11) is 1.50. The van der Waals surface area contributed by atoms with Gasteiger partial charge in [0, 0.05) is 17.7 Å². The van der Waals surface area contributed by atoms with Crippen LogP contribution in [0.15, 0.2) is 48.5 Å². The van der Waals surface area contributed by atoms with E-state index in [4.69, 9.17) is 16.3 Å². The highest BCUT2D eigenvalue weighted by atomic mass is 35.5. The van der Waals surface area contributed by atoms with E-state index < -0.39 is 36.0 Å². The van der Waals surface area contributed by atoms with Gasteiger partial charge < -0.3 is 15.4 Å². The molecule has 0 aliphatic carbocycles. The lowest BCUT2D eigenvalue weighted by molar-refractivity contribution is -0.137. The summed E-state index contributed by atoms with van der Waals surface area (Å²) in [6.45, 7) is 0.145. The normalized spacial score (nSPS) is 15.3. The predicted molar refractivity (Wildman–Crippen MR) is 116 cm³/mol. The number of amides is 2. The summed E-state index contributed by atoms with van der Waals surface area (Å²) < 4.78 is 46.2. The molecule has 1 atom stereocenters. The standard InChI is InChI=1S/C22H18ClF3N4O3/c1-33-11-16-19(12-6-8-13(23)9-7-12)20-28-21(32)17(30(20)29-16)10-18(31)27-15-5-3-2-4-14(15)22(24,25)26/h2-9,17H,10-11H2,1H3,(H,27,31)(H,28,32). The first-order valence-corrected chi connectivity index (χ1v) is 10.2. The number of carbonyl (C=O) groups excluding carboxylic acids is 2. The molecule has 4 rings (SSSR count). The lowest BCUT2D eigenvalue weighted by Gasteiger charge is -2.14. The Labute approximate surface area is 191 Å². The second-order valence-electron chi connectivity index (χ2n) is 7.36. The van der Waals surface area contributed by atoms with Crippen LogP contribution in [-0.2, 0) is 27.1 Å². The monoisotopic (exact) mass is 478 g/mol. The van der Waals surface area contributed by atoms with Crippen molar-refractivity contribution in [1.82, 2.24) is 9.78 Å². The summed E-state index contributed by atoms with van der Waals surface area (Å²) in [5, 5.41) is 9.97. The van der Waals surface area contributed by atoms with Gasteiger partial charge >= 0.3 is 6.18 Å². The molecule has 0 spiro atoms. The zero-order valence-electron chi connectivity index (χ0n) is 17.2. The van der Waals surface area contributed by atoms with Crippen molar-refractivity contribution in [2.45, 2.75) is 25.2 Å². The average Bonchev–Trinajstić information content (AvgIpc) is 3.24. The first kappa shape index (κ1) is 22.8. The van der Waals surface area contributed by atoms with Gasteiger partial charge in [0.15, 0.2) is 0 Å². The fourth-order valence-corrected chi connectivity index (χ4v) is 3.82. The largest absolute Gasteiger partial charge is 0.418 e. The highest BCUT2D eigenvalue weighted by Crippen LogP contribution is 2.39. The summed E-state index contributed by atoms with van der Waals surface area (Å²) >= 11 is 5.97. The lowest BCUT2D eigenvalue weighted by atomic mass is 10.1. The first-order valence-electron chi connectivity index (χ1n) is 9.82. The van der Waals surface area contributed by atoms with E-state index in [0.29, 0.717) is 22.1 Å². The number of para-hydroxylation sites is 1. The van der Waals surface area contributed by atoms with Crippen LogP contribution in [0, 0.1) is 0 Å². The van der Waals surface area contributed by atoms with Gasteiger partial charge in [0.2, 0.25) is 5.91 Å². The number of halogens is 4. The lowest BCUT2D eigenvalue weighted by Crippen LogP contribution is -2.24. The number of anilines is 2. The molecule has 0 saturated heterocycles. The van der Waals surface area contributed by atoms with Crippen LogP contribution >= 0.6 is 11.6 Å². The maximum atomic E-state index is 13.2. The predicted octanol–water partition coefficient (Wildman–Crippen LogP) is 4.89. The molecule has 33 heavy (non-hydrogen) atoms. The van der Waals surface area contributed by atoms with Crippen LogP contribution in [-0.4, -0.2) is 28.7 Å². The molecular weight excluding hydrogens is 461 g/mol. The Balaban J connectivity index is 1.62. The van der Waals surface area contributed by atoms with Gasteiger partial charge in [-0.05, 0) is 29.8 Å². The van der Waals surface area contributed by atoms with Crippen molar-refractivity contribution in [3.8, 4) is 11.1 Å². The van der Waals surface area contributed by atoms with Crippen LogP contribution < -0.4 is 10.6 Å². The smallest absolute Gasteiger partial charge is 0.378 e. The molecular formula is C22H18ClF3N4O3. The Hall–Kier alpha value is -3.37. The number of benzene rings is 2. The summed E-state index contributed by atoms with van der Waals surface area (Å²) in [6, 6.07) is 10.5. The molecule has 0 radical (unpaired) electrons. The minimum absolute atomic E-state index is 0.145. The van der Waals surface area contributed by atoms with E-state index in [-0.39, 0.29) is 12.3 Å². The van der Waals surface area contributed by atoms with Crippen LogP contribution in [0.1, 0.15) is 23.7 Å². The van der Waals surface area contributed by atoms with Crippen LogP contribution in [0.3, 0.4) is 0 Å². The molecule has 11 heteroatoms.